The van der Waals surface area contributed by atoms with Crippen molar-refractivity contribution < 1.29 is 13.9 Å². The first-order valence-corrected chi connectivity index (χ1v) is 6.71. The highest BCUT2D eigenvalue weighted by Gasteiger charge is 2.11. The van der Waals surface area contributed by atoms with Crippen LogP contribution in [0.4, 0.5) is 10.1 Å². The van der Waals surface area contributed by atoms with Gasteiger partial charge in [0.2, 0.25) is 0 Å². The van der Waals surface area contributed by atoms with Crippen molar-refractivity contribution in [2.45, 2.75) is 6.92 Å². The molecule has 0 atom stereocenters. The summed E-state index contributed by atoms with van der Waals surface area (Å²) < 4.78 is 19.2. The van der Waals surface area contributed by atoms with Crippen LogP contribution < -0.4 is 10.1 Å². The van der Waals surface area contributed by atoms with Crippen LogP contribution in [0.1, 0.15) is 15.9 Å². The number of anilines is 1. The Morgan fingerprint density at radius 3 is 2.65 bits per heavy atom. The van der Waals surface area contributed by atoms with Crippen LogP contribution in [0.5, 0.6) is 5.75 Å². The van der Waals surface area contributed by atoms with Crippen LogP contribution in [0.3, 0.4) is 0 Å². The molecular formula is C15H13BrFNO2. The number of hydrogen-bond acceptors (Lipinski definition) is 2. The van der Waals surface area contributed by atoms with E-state index in [1.807, 2.05) is 25.1 Å². The molecule has 1 N–H and O–H groups in total. The summed E-state index contributed by atoms with van der Waals surface area (Å²) in [5, 5.41) is 2.74. The van der Waals surface area contributed by atoms with E-state index in [0.29, 0.717) is 5.69 Å². The molecule has 3 nitrogen and oxygen atoms in total. The summed E-state index contributed by atoms with van der Waals surface area (Å²) in [4.78, 5) is 12.1. The molecule has 0 aliphatic heterocycles. The lowest BCUT2D eigenvalue weighted by molar-refractivity contribution is 0.102. The van der Waals surface area contributed by atoms with Crippen LogP contribution in [0, 0.1) is 12.7 Å². The largest absolute Gasteiger partial charge is 0.494 e. The van der Waals surface area contributed by atoms with Gasteiger partial charge in [0.05, 0.1) is 12.8 Å². The maximum Gasteiger partial charge on any atom is 0.255 e. The predicted octanol–water partition coefficient (Wildman–Crippen LogP) is 4.16. The monoisotopic (exact) mass is 337 g/mol. The summed E-state index contributed by atoms with van der Waals surface area (Å²) in [5.74, 6) is -0.834. The van der Waals surface area contributed by atoms with Gasteiger partial charge in [0, 0.05) is 10.0 Å². The van der Waals surface area contributed by atoms with Crippen LogP contribution in [-0.4, -0.2) is 13.0 Å². The highest BCUT2D eigenvalue weighted by molar-refractivity contribution is 9.10. The standard InChI is InChI=1S/C15H13BrFNO2/c1-9-3-5-11(16)13(7-9)18-15(19)10-4-6-14(20-2)12(17)8-10/h3-8H,1-2H3,(H,18,19). The van der Waals surface area contributed by atoms with E-state index in [1.165, 1.54) is 19.2 Å². The van der Waals surface area contributed by atoms with Crippen LogP contribution in [0.15, 0.2) is 40.9 Å². The number of benzene rings is 2. The van der Waals surface area contributed by atoms with Gasteiger partial charge < -0.3 is 10.1 Å². The highest BCUT2D eigenvalue weighted by atomic mass is 79.9. The third-order valence-electron chi connectivity index (χ3n) is 2.78. The molecule has 0 spiro atoms. The molecule has 0 fully saturated rings. The second-order valence-corrected chi connectivity index (χ2v) is 5.14. The second-order valence-electron chi connectivity index (χ2n) is 4.29. The lowest BCUT2D eigenvalue weighted by atomic mass is 10.1. The fourth-order valence-corrected chi connectivity index (χ4v) is 2.08. The van der Waals surface area contributed by atoms with Crippen LogP contribution >= 0.6 is 15.9 Å². The van der Waals surface area contributed by atoms with Gasteiger partial charge in [-0.25, -0.2) is 4.39 Å². The van der Waals surface area contributed by atoms with E-state index in [4.69, 9.17) is 4.74 Å². The third-order valence-corrected chi connectivity index (χ3v) is 3.48. The van der Waals surface area contributed by atoms with Crippen molar-refractivity contribution in [3.63, 3.8) is 0 Å². The van der Waals surface area contributed by atoms with Gasteiger partial charge in [-0.15, -0.1) is 0 Å². The van der Waals surface area contributed by atoms with Crippen molar-refractivity contribution in [3.8, 4) is 5.75 Å². The number of methoxy groups -OCH3 is 1. The number of hydrogen-bond donors (Lipinski definition) is 1. The van der Waals surface area contributed by atoms with Gasteiger partial charge in [-0.1, -0.05) is 6.07 Å². The molecular weight excluding hydrogens is 325 g/mol. The zero-order valence-corrected chi connectivity index (χ0v) is 12.6. The highest BCUT2D eigenvalue weighted by Crippen LogP contribution is 2.24. The average molecular weight is 338 g/mol. The number of amides is 1. The molecule has 0 unspecified atom stereocenters. The predicted molar refractivity (Wildman–Crippen MR) is 79.8 cm³/mol. The Morgan fingerprint density at radius 2 is 2.00 bits per heavy atom. The Hall–Kier alpha value is -1.88. The Labute approximate surface area is 124 Å². The zero-order chi connectivity index (χ0) is 14.7. The molecule has 2 rings (SSSR count). The number of ether oxygens (including phenoxy) is 1. The Bertz CT molecular complexity index is 658. The third kappa shape index (κ3) is 3.17. The first-order chi connectivity index (χ1) is 9.51. The first kappa shape index (κ1) is 14.5. The van der Waals surface area contributed by atoms with E-state index in [1.54, 1.807) is 0 Å². The normalized spacial score (nSPS) is 10.2. The molecule has 0 aliphatic rings. The molecule has 0 heterocycles. The number of aryl methyl sites for hydroxylation is 1. The Morgan fingerprint density at radius 1 is 1.25 bits per heavy atom. The van der Waals surface area contributed by atoms with Crippen LogP contribution in [0.2, 0.25) is 0 Å². The molecule has 0 aromatic heterocycles. The maximum atomic E-state index is 13.6. The summed E-state index contributed by atoms with van der Waals surface area (Å²) in [6.07, 6.45) is 0. The fourth-order valence-electron chi connectivity index (χ4n) is 1.74. The smallest absolute Gasteiger partial charge is 0.255 e. The lowest BCUT2D eigenvalue weighted by Gasteiger charge is -2.09. The number of halogens is 2. The Balaban J connectivity index is 2.24. The summed E-state index contributed by atoms with van der Waals surface area (Å²) in [7, 11) is 1.38. The van der Waals surface area contributed by atoms with Gasteiger partial charge in [-0.3, -0.25) is 4.79 Å². The minimum atomic E-state index is -0.566. The molecule has 20 heavy (non-hydrogen) atoms. The molecule has 2 aromatic rings. The van der Waals surface area contributed by atoms with Crippen molar-refractivity contribution in [3.05, 3.63) is 57.8 Å². The quantitative estimate of drug-likeness (QED) is 0.913. The average Bonchev–Trinajstić information content (AvgIpc) is 2.42. The molecule has 0 bridgehead atoms. The van der Waals surface area contributed by atoms with Crippen molar-refractivity contribution in [1.29, 1.82) is 0 Å². The number of carbonyl (C=O) groups excluding carboxylic acids is 1. The number of rotatable bonds is 3. The molecule has 0 saturated carbocycles. The first-order valence-electron chi connectivity index (χ1n) is 5.92. The van der Waals surface area contributed by atoms with Crippen LogP contribution in [0.25, 0.3) is 0 Å². The van der Waals surface area contributed by atoms with E-state index >= 15 is 0 Å². The molecule has 0 saturated heterocycles. The van der Waals surface area contributed by atoms with Crippen molar-refractivity contribution in [1.82, 2.24) is 0 Å². The van der Waals surface area contributed by atoms with Gasteiger partial charge in [0.15, 0.2) is 11.6 Å². The van der Waals surface area contributed by atoms with Gasteiger partial charge in [0.1, 0.15) is 0 Å². The molecule has 0 radical (unpaired) electrons. The minimum Gasteiger partial charge on any atom is -0.494 e. The number of carbonyl (C=O) groups is 1. The molecule has 1 amide bonds. The Kier molecular flexibility index (Phi) is 4.39. The van der Waals surface area contributed by atoms with E-state index in [-0.39, 0.29) is 17.2 Å². The van der Waals surface area contributed by atoms with Gasteiger partial charge in [-0.05, 0) is 58.7 Å². The molecule has 5 heteroatoms. The topological polar surface area (TPSA) is 38.3 Å². The minimum absolute atomic E-state index is 0.110. The van der Waals surface area contributed by atoms with Crippen molar-refractivity contribution >= 4 is 27.5 Å². The van der Waals surface area contributed by atoms with Gasteiger partial charge in [-0.2, -0.15) is 0 Å². The zero-order valence-electron chi connectivity index (χ0n) is 11.0. The lowest BCUT2D eigenvalue weighted by Crippen LogP contribution is -2.12. The summed E-state index contributed by atoms with van der Waals surface area (Å²) >= 11 is 3.36. The van der Waals surface area contributed by atoms with Crippen molar-refractivity contribution in [2.24, 2.45) is 0 Å². The SMILES string of the molecule is COc1ccc(C(=O)Nc2cc(C)ccc2Br)cc1F. The van der Waals surface area contributed by atoms with Crippen LogP contribution in [-0.2, 0) is 0 Å². The molecule has 2 aromatic carbocycles. The summed E-state index contributed by atoms with van der Waals surface area (Å²) in [6.45, 7) is 1.93. The number of nitrogens with one attached hydrogen (secondary N) is 1. The van der Waals surface area contributed by atoms with Gasteiger partial charge in [0.25, 0.3) is 5.91 Å². The second kappa shape index (κ2) is 6.05. The summed E-state index contributed by atoms with van der Waals surface area (Å²) in [6, 6.07) is 9.70. The maximum absolute atomic E-state index is 13.6. The summed E-state index contributed by atoms with van der Waals surface area (Å²) in [5.41, 5.74) is 1.90. The molecule has 104 valence electrons. The fraction of sp³-hybridized carbons (Fsp3) is 0.133. The molecule has 0 aliphatic carbocycles. The van der Waals surface area contributed by atoms with E-state index in [9.17, 15) is 9.18 Å². The van der Waals surface area contributed by atoms with E-state index < -0.39 is 5.82 Å². The van der Waals surface area contributed by atoms with Gasteiger partial charge >= 0.3 is 0 Å². The van der Waals surface area contributed by atoms with E-state index in [2.05, 4.69) is 21.2 Å². The van der Waals surface area contributed by atoms with E-state index in [0.717, 1.165) is 16.1 Å². The van der Waals surface area contributed by atoms with Crippen molar-refractivity contribution in [2.75, 3.05) is 12.4 Å².